The predicted molar refractivity (Wildman–Crippen MR) is 24.4 cm³/mol. The van der Waals surface area contributed by atoms with Gasteiger partial charge in [-0.2, -0.15) is 0 Å². The van der Waals surface area contributed by atoms with Crippen molar-refractivity contribution in [3.8, 4) is 0 Å². The first-order valence-corrected chi connectivity index (χ1v) is 1.34. The predicted octanol–water partition coefficient (Wildman–Crippen LogP) is -1.18. The Bertz CT molecular complexity index is 10.1. The van der Waals surface area contributed by atoms with Crippen LogP contribution in [0, 0.1) is 0 Å². The normalized spacial score (nSPS) is 2.57. The van der Waals surface area contributed by atoms with Gasteiger partial charge in [-0.1, -0.05) is 0 Å². The maximum atomic E-state index is 7.00. The monoisotopic (exact) mass is 186 g/mol. The van der Waals surface area contributed by atoms with Gasteiger partial charge in [0.1, 0.15) is 0 Å². The smallest absolute Gasteiger partial charge is 0.0319 e. The number of aliphatic hydroxyl groups excluding tert-OH is 3. The van der Waals surface area contributed by atoms with Crippen LogP contribution in [-0.2, 0) is 26.2 Å². The zero-order valence-electron chi connectivity index (χ0n) is 4.84. The van der Waals surface area contributed by atoms with Crippen molar-refractivity contribution in [1.82, 2.24) is 0 Å². The van der Waals surface area contributed by atoms with Gasteiger partial charge in [0.25, 0.3) is 0 Å². The maximum Gasteiger partial charge on any atom is 0.0319 e. The summed E-state index contributed by atoms with van der Waals surface area (Å²) >= 11 is 0. The van der Waals surface area contributed by atoms with E-state index in [1.54, 1.807) is 0 Å². The Labute approximate surface area is 63.1 Å². The second-order valence-electron chi connectivity index (χ2n) is 0. The summed E-state index contributed by atoms with van der Waals surface area (Å²) in [5, 5.41) is 21.0. The Hall–Kier alpha value is 0.763. The van der Waals surface area contributed by atoms with E-state index in [9.17, 15) is 0 Å². The third kappa shape index (κ3) is 263. The van der Waals surface area contributed by atoms with Crippen molar-refractivity contribution in [2.45, 2.75) is 0 Å². The zero-order chi connectivity index (χ0) is 6.00. The Balaban J connectivity index is -0.00000000900. The first-order chi connectivity index (χ1) is 3.00. The van der Waals surface area contributed by atoms with Gasteiger partial charge in [-0.15, -0.1) is 0 Å². The molecule has 0 atom stereocenters. The molecule has 0 saturated carbocycles. The Morgan fingerprint density at radius 1 is 0.571 bits per heavy atom. The van der Waals surface area contributed by atoms with E-state index >= 15 is 0 Å². The summed E-state index contributed by atoms with van der Waals surface area (Å²) in [4.78, 5) is 0. The van der Waals surface area contributed by atoms with Crippen LogP contribution in [-0.4, -0.2) is 36.6 Å². The Morgan fingerprint density at radius 3 is 0.571 bits per heavy atom. The number of hydrogen-bond acceptors (Lipinski definition) is 3. The van der Waals surface area contributed by atoms with Crippen molar-refractivity contribution in [2.75, 3.05) is 21.3 Å². The second-order valence-corrected chi connectivity index (χ2v) is 0. The molecule has 0 amide bonds. The van der Waals surface area contributed by atoms with Crippen LogP contribution >= 0.6 is 0 Å². The summed E-state index contributed by atoms with van der Waals surface area (Å²) < 4.78 is 0. The molecule has 0 saturated heterocycles. The molecule has 0 aliphatic rings. The summed E-state index contributed by atoms with van der Waals surface area (Å²) in [6, 6.07) is 0. The molecule has 7 heavy (non-hydrogen) atoms. The molecule has 3 N–H and O–H groups in total. The van der Waals surface area contributed by atoms with Crippen LogP contribution < -0.4 is 0 Å². The Kier molecular flexibility index (Phi) is 1380. The van der Waals surface area contributed by atoms with Gasteiger partial charge in [-0.3, -0.25) is 0 Å². The number of rotatable bonds is 0. The molecule has 0 spiro atoms. The van der Waals surface area contributed by atoms with E-state index in [4.69, 9.17) is 15.3 Å². The van der Waals surface area contributed by atoms with E-state index in [-0.39, 0.29) is 26.2 Å². The van der Waals surface area contributed by atoms with Crippen LogP contribution in [0.4, 0.5) is 0 Å². The van der Waals surface area contributed by atoms with Gasteiger partial charge in [0.15, 0.2) is 0 Å². The topological polar surface area (TPSA) is 60.7 Å². The molecule has 0 unspecified atom stereocenters. The molecule has 46 valence electrons. The van der Waals surface area contributed by atoms with Crippen molar-refractivity contribution in [2.24, 2.45) is 0 Å². The van der Waals surface area contributed by atoms with Gasteiger partial charge >= 0.3 is 0 Å². The SMILES string of the molecule is CO.CO.CO.[Zr]. The molecule has 0 aromatic carbocycles. The average molecular weight is 187 g/mol. The molecule has 0 aliphatic carbocycles. The fraction of sp³-hybridized carbons (Fsp3) is 1.00. The van der Waals surface area contributed by atoms with E-state index < -0.39 is 0 Å². The van der Waals surface area contributed by atoms with Crippen LogP contribution in [0.1, 0.15) is 0 Å². The van der Waals surface area contributed by atoms with Gasteiger partial charge in [0, 0.05) is 47.5 Å². The molecule has 0 rings (SSSR count). The minimum atomic E-state index is 0. The van der Waals surface area contributed by atoms with Crippen LogP contribution in [0.3, 0.4) is 0 Å². The van der Waals surface area contributed by atoms with Crippen molar-refractivity contribution in [1.29, 1.82) is 0 Å². The third-order valence-electron chi connectivity index (χ3n) is 0. The van der Waals surface area contributed by atoms with E-state index in [0.29, 0.717) is 0 Å². The molecule has 0 radical (unpaired) electrons. The van der Waals surface area contributed by atoms with E-state index in [0.717, 1.165) is 21.3 Å². The van der Waals surface area contributed by atoms with Crippen LogP contribution in [0.25, 0.3) is 0 Å². The van der Waals surface area contributed by atoms with Gasteiger partial charge in [-0.05, 0) is 0 Å². The summed E-state index contributed by atoms with van der Waals surface area (Å²) in [7, 11) is 3.00. The number of aliphatic hydroxyl groups is 3. The molecule has 0 aromatic heterocycles. The van der Waals surface area contributed by atoms with Crippen LogP contribution in [0.15, 0.2) is 0 Å². The quantitative estimate of drug-likeness (QED) is 0.447. The summed E-state index contributed by atoms with van der Waals surface area (Å²) in [5.74, 6) is 0. The first-order valence-electron chi connectivity index (χ1n) is 1.34. The average Bonchev–Trinajstić information content (AvgIpc) is 1.81. The first kappa shape index (κ1) is 25.1. The van der Waals surface area contributed by atoms with Crippen molar-refractivity contribution >= 4 is 0 Å². The van der Waals surface area contributed by atoms with Crippen LogP contribution in [0.2, 0.25) is 0 Å². The summed E-state index contributed by atoms with van der Waals surface area (Å²) in [5.41, 5.74) is 0. The molecule has 3 nitrogen and oxygen atoms in total. The van der Waals surface area contributed by atoms with Crippen molar-refractivity contribution in [3.05, 3.63) is 0 Å². The largest absolute Gasteiger partial charge is 0.400 e. The molecular weight excluding hydrogens is 175 g/mol. The molecular formula is C3H12O3Zr. The maximum absolute atomic E-state index is 7.00. The minimum Gasteiger partial charge on any atom is -0.400 e. The fourth-order valence-corrected chi connectivity index (χ4v) is 0. The molecule has 0 aromatic rings. The Morgan fingerprint density at radius 2 is 0.571 bits per heavy atom. The third-order valence-corrected chi connectivity index (χ3v) is 0. The van der Waals surface area contributed by atoms with Gasteiger partial charge in [0.2, 0.25) is 0 Å². The zero-order valence-corrected chi connectivity index (χ0v) is 7.30. The summed E-state index contributed by atoms with van der Waals surface area (Å²) in [6.07, 6.45) is 0. The minimum absolute atomic E-state index is 0. The molecule has 0 bridgehead atoms. The number of hydrogen-bond donors (Lipinski definition) is 3. The molecule has 0 heterocycles. The van der Waals surface area contributed by atoms with Gasteiger partial charge < -0.3 is 15.3 Å². The standard InChI is InChI=1S/3CH4O.Zr/c3*1-2;/h3*2H,1H3;. The fourth-order valence-electron chi connectivity index (χ4n) is 0. The van der Waals surface area contributed by atoms with Gasteiger partial charge in [-0.25, -0.2) is 0 Å². The molecule has 0 fully saturated rings. The van der Waals surface area contributed by atoms with Crippen molar-refractivity contribution < 1.29 is 41.5 Å². The second kappa shape index (κ2) is 386. The molecule has 0 aliphatic heterocycles. The van der Waals surface area contributed by atoms with Crippen molar-refractivity contribution in [3.63, 3.8) is 0 Å². The van der Waals surface area contributed by atoms with Gasteiger partial charge in [0.05, 0.1) is 0 Å². The van der Waals surface area contributed by atoms with E-state index in [1.165, 1.54) is 0 Å². The van der Waals surface area contributed by atoms with E-state index in [1.807, 2.05) is 0 Å². The molecule has 4 heteroatoms. The van der Waals surface area contributed by atoms with E-state index in [2.05, 4.69) is 0 Å². The summed E-state index contributed by atoms with van der Waals surface area (Å²) in [6.45, 7) is 0. The van der Waals surface area contributed by atoms with Crippen LogP contribution in [0.5, 0.6) is 0 Å².